The molecule has 2 aromatic carbocycles. The summed E-state index contributed by atoms with van der Waals surface area (Å²) in [4.78, 5) is 2.59. The number of sulfonamides is 1. The van der Waals surface area contributed by atoms with Crippen molar-refractivity contribution in [1.29, 1.82) is 0 Å². The molecule has 4 rings (SSSR count). The van der Waals surface area contributed by atoms with Crippen molar-refractivity contribution < 1.29 is 27.1 Å². The van der Waals surface area contributed by atoms with E-state index in [9.17, 15) is 8.42 Å². The molecule has 8 nitrogen and oxygen atoms in total. The Hall–Kier alpha value is -2.08. The first-order valence-electron chi connectivity index (χ1n) is 13.4. The normalized spacial score (nSPS) is 26.6. The van der Waals surface area contributed by atoms with Crippen molar-refractivity contribution in [2.24, 2.45) is 10.5 Å². The molecule has 0 aromatic heterocycles. The fourth-order valence-corrected chi connectivity index (χ4v) is 6.33. The molecule has 39 heavy (non-hydrogen) atoms. The number of aryl methyl sites for hydroxylation is 1. The Bertz CT molecular complexity index is 1260. The molecule has 2 bridgehead atoms. The van der Waals surface area contributed by atoms with Crippen LogP contribution in [0.2, 0.25) is 18.1 Å². The molecule has 2 aliphatic rings. The van der Waals surface area contributed by atoms with Gasteiger partial charge in [0.25, 0.3) is 10.0 Å². The van der Waals surface area contributed by atoms with Crippen molar-refractivity contribution in [3.05, 3.63) is 65.7 Å². The van der Waals surface area contributed by atoms with E-state index in [1.54, 1.807) is 24.3 Å². The molecule has 1 N–H and O–H groups in total. The van der Waals surface area contributed by atoms with Crippen LogP contribution < -0.4 is 4.83 Å². The first-order chi connectivity index (χ1) is 18.2. The van der Waals surface area contributed by atoms with Gasteiger partial charge in [0.2, 0.25) is 0 Å². The summed E-state index contributed by atoms with van der Waals surface area (Å²) < 4.78 is 51.3. The molecule has 10 heteroatoms. The van der Waals surface area contributed by atoms with E-state index in [1.165, 1.54) is 0 Å². The van der Waals surface area contributed by atoms with Crippen molar-refractivity contribution in [1.82, 2.24) is 4.83 Å². The number of benzene rings is 2. The van der Waals surface area contributed by atoms with Gasteiger partial charge in [0.05, 0.1) is 23.8 Å². The van der Waals surface area contributed by atoms with Crippen LogP contribution in [0.5, 0.6) is 0 Å². The second-order valence-corrected chi connectivity index (χ2v) is 18.9. The monoisotopic (exact) mass is 574 g/mol. The summed E-state index contributed by atoms with van der Waals surface area (Å²) in [6, 6.07) is 16.6. The summed E-state index contributed by atoms with van der Waals surface area (Å²) in [6.07, 6.45) is -0.975. The van der Waals surface area contributed by atoms with Crippen molar-refractivity contribution in [2.75, 3.05) is 13.2 Å². The van der Waals surface area contributed by atoms with Crippen LogP contribution in [0.15, 0.2) is 64.6 Å². The third-order valence-electron chi connectivity index (χ3n) is 7.99. The van der Waals surface area contributed by atoms with E-state index >= 15 is 0 Å². The Morgan fingerprint density at radius 2 is 1.74 bits per heavy atom. The highest BCUT2D eigenvalue weighted by molar-refractivity contribution is 7.89. The number of hydrazone groups is 1. The predicted molar refractivity (Wildman–Crippen MR) is 154 cm³/mol. The SMILES string of the molecule is Cc1ccc(S(=O)(=O)N/N=C2\C[C@](C)(CO[Si](C)(C)C(C)(C)C)[C@@H]3O[C@@H](COCc4ccccc4)[C@H]2O3)cc1. The molecule has 0 unspecified atom stereocenters. The van der Waals surface area contributed by atoms with Gasteiger partial charge in [-0.15, -0.1) is 0 Å². The highest BCUT2D eigenvalue weighted by Crippen LogP contribution is 2.45. The number of hydrogen-bond donors (Lipinski definition) is 1. The maximum absolute atomic E-state index is 13.0. The van der Waals surface area contributed by atoms with Gasteiger partial charge in [-0.1, -0.05) is 75.7 Å². The van der Waals surface area contributed by atoms with E-state index in [2.05, 4.69) is 50.7 Å². The van der Waals surface area contributed by atoms with Crippen LogP contribution in [-0.2, 0) is 35.3 Å². The van der Waals surface area contributed by atoms with Gasteiger partial charge in [-0.2, -0.15) is 13.5 Å². The average molecular weight is 575 g/mol. The first kappa shape index (κ1) is 29.9. The van der Waals surface area contributed by atoms with Crippen molar-refractivity contribution >= 4 is 24.1 Å². The van der Waals surface area contributed by atoms with E-state index in [0.717, 1.165) is 11.1 Å². The zero-order chi connectivity index (χ0) is 28.5. The van der Waals surface area contributed by atoms with Gasteiger partial charge in [0.1, 0.15) is 12.2 Å². The second kappa shape index (κ2) is 11.4. The highest BCUT2D eigenvalue weighted by atomic mass is 32.2. The zero-order valence-electron chi connectivity index (χ0n) is 24.1. The summed E-state index contributed by atoms with van der Waals surface area (Å²) in [5.41, 5.74) is 2.07. The van der Waals surface area contributed by atoms with E-state index < -0.39 is 42.3 Å². The summed E-state index contributed by atoms with van der Waals surface area (Å²) in [5.74, 6) is 0. The maximum atomic E-state index is 13.0. The largest absolute Gasteiger partial charge is 0.416 e. The van der Waals surface area contributed by atoms with Crippen LogP contribution in [0, 0.1) is 12.3 Å². The van der Waals surface area contributed by atoms with E-state index in [0.29, 0.717) is 32.0 Å². The number of nitrogens with zero attached hydrogens (tertiary/aromatic N) is 1. The van der Waals surface area contributed by atoms with Gasteiger partial charge >= 0.3 is 0 Å². The number of nitrogens with one attached hydrogen (secondary N) is 1. The quantitative estimate of drug-likeness (QED) is 0.302. The molecule has 2 saturated heterocycles. The molecular formula is C29H42N2O6SSi. The summed E-state index contributed by atoms with van der Waals surface area (Å²) in [5, 5.41) is 4.46. The number of fused-ring (bicyclic) bond motifs is 2. The maximum Gasteiger partial charge on any atom is 0.276 e. The van der Waals surface area contributed by atoms with Gasteiger partial charge < -0.3 is 18.6 Å². The Balaban J connectivity index is 1.54. The molecular weight excluding hydrogens is 532 g/mol. The number of ether oxygens (including phenoxy) is 3. The molecule has 2 heterocycles. The minimum Gasteiger partial charge on any atom is -0.416 e. The highest BCUT2D eigenvalue weighted by Gasteiger charge is 2.55. The molecule has 2 aromatic rings. The first-order valence-corrected chi connectivity index (χ1v) is 17.8. The standard InChI is InChI=1S/C29H42N2O6SSi/c1-21-13-15-23(16-14-21)38(32,33)31-30-24-17-29(5,20-35-39(6,7)28(2,3)4)27-36-25(26(24)37-27)19-34-18-22-11-9-8-10-12-22/h8-16,25-27,31H,17-20H2,1-7H3/b30-24+/t25-,26-,27+,29+/m0/s1. The van der Waals surface area contributed by atoms with Crippen molar-refractivity contribution in [2.45, 2.75) is 89.2 Å². The average Bonchev–Trinajstić information content (AvgIpc) is 3.26. The summed E-state index contributed by atoms with van der Waals surface area (Å²) in [6.45, 7) is 16.1. The molecule has 2 aliphatic heterocycles. The Morgan fingerprint density at radius 3 is 2.38 bits per heavy atom. The Kier molecular flexibility index (Phi) is 8.75. The minimum absolute atomic E-state index is 0.0480. The van der Waals surface area contributed by atoms with Crippen LogP contribution in [0.25, 0.3) is 0 Å². The molecule has 214 valence electrons. The molecule has 0 aliphatic carbocycles. The fourth-order valence-electron chi connectivity index (χ4n) is 4.37. The minimum atomic E-state index is -3.85. The van der Waals surface area contributed by atoms with Crippen molar-refractivity contribution in [3.63, 3.8) is 0 Å². The predicted octanol–water partition coefficient (Wildman–Crippen LogP) is 5.39. The molecule has 0 spiro atoms. The van der Waals surface area contributed by atoms with Gasteiger partial charge in [-0.05, 0) is 42.8 Å². The van der Waals surface area contributed by atoms with E-state index in [4.69, 9.17) is 18.6 Å². The molecule has 0 amide bonds. The zero-order valence-corrected chi connectivity index (χ0v) is 25.9. The second-order valence-electron chi connectivity index (χ2n) is 12.5. The Morgan fingerprint density at radius 1 is 1.08 bits per heavy atom. The molecule has 0 radical (unpaired) electrons. The van der Waals surface area contributed by atoms with Crippen LogP contribution in [0.3, 0.4) is 0 Å². The third-order valence-corrected chi connectivity index (χ3v) is 13.7. The van der Waals surface area contributed by atoms with E-state index in [1.807, 2.05) is 37.3 Å². The van der Waals surface area contributed by atoms with Gasteiger partial charge in [-0.25, -0.2) is 4.83 Å². The van der Waals surface area contributed by atoms with Crippen LogP contribution in [0.4, 0.5) is 0 Å². The van der Waals surface area contributed by atoms with Gasteiger partial charge in [0.15, 0.2) is 14.6 Å². The lowest BCUT2D eigenvalue weighted by atomic mass is 9.82. The van der Waals surface area contributed by atoms with Crippen LogP contribution in [-0.4, -0.2) is 54.2 Å². The van der Waals surface area contributed by atoms with Gasteiger partial charge in [-0.3, -0.25) is 0 Å². The molecule has 2 fully saturated rings. The number of rotatable bonds is 10. The summed E-state index contributed by atoms with van der Waals surface area (Å²) >= 11 is 0. The third kappa shape index (κ3) is 6.98. The smallest absolute Gasteiger partial charge is 0.276 e. The lowest BCUT2D eigenvalue weighted by Crippen LogP contribution is -2.50. The van der Waals surface area contributed by atoms with Crippen LogP contribution in [0.1, 0.15) is 45.2 Å². The van der Waals surface area contributed by atoms with E-state index in [-0.39, 0.29) is 9.93 Å². The van der Waals surface area contributed by atoms with Crippen LogP contribution >= 0.6 is 0 Å². The van der Waals surface area contributed by atoms with Gasteiger partial charge in [0, 0.05) is 18.4 Å². The molecule has 0 saturated carbocycles. The number of hydrogen-bond acceptors (Lipinski definition) is 7. The lowest BCUT2D eigenvalue weighted by Gasteiger charge is -2.43. The van der Waals surface area contributed by atoms with Crippen molar-refractivity contribution in [3.8, 4) is 0 Å². The topological polar surface area (TPSA) is 95.5 Å². The summed E-state index contributed by atoms with van der Waals surface area (Å²) in [7, 11) is -5.89. The Labute approximate surface area is 234 Å². The lowest BCUT2D eigenvalue weighted by molar-refractivity contribution is -0.161. The molecule has 4 atom stereocenters. The fraction of sp³-hybridized carbons (Fsp3) is 0.552.